The average Bonchev–Trinajstić information content (AvgIpc) is 2.25. The topological polar surface area (TPSA) is 59.6 Å². The first-order valence-electron chi connectivity index (χ1n) is 5.23. The molecule has 0 fully saturated rings. The van der Waals surface area contributed by atoms with Crippen LogP contribution < -0.4 is 10.6 Å². The maximum Gasteiger partial charge on any atom is 0.233 e. The number of methoxy groups -OCH3 is 2. The van der Waals surface area contributed by atoms with Gasteiger partial charge >= 0.3 is 0 Å². The van der Waals surface area contributed by atoms with E-state index in [1.54, 1.807) is 14.2 Å². The molecule has 2 N–H and O–H groups in total. The highest BCUT2D eigenvalue weighted by molar-refractivity contribution is 5.77. The molecule has 1 amide bonds. The lowest BCUT2D eigenvalue weighted by Gasteiger charge is -2.14. The van der Waals surface area contributed by atoms with Crippen molar-refractivity contribution in [1.29, 1.82) is 0 Å². The van der Waals surface area contributed by atoms with Crippen LogP contribution in [0.1, 0.15) is 13.3 Å². The summed E-state index contributed by atoms with van der Waals surface area (Å²) in [6, 6.07) is 0. The Morgan fingerprint density at radius 2 is 2.13 bits per heavy atom. The van der Waals surface area contributed by atoms with Crippen LogP contribution in [0.2, 0.25) is 0 Å². The normalized spacial score (nSPS) is 12.5. The molecule has 5 heteroatoms. The number of carbonyl (C=O) groups excluding carboxylic acids is 1. The van der Waals surface area contributed by atoms with Gasteiger partial charge in [-0.1, -0.05) is 6.92 Å². The van der Waals surface area contributed by atoms with Crippen molar-refractivity contribution in [1.82, 2.24) is 10.6 Å². The Bertz CT molecular complexity index is 165. The van der Waals surface area contributed by atoms with Gasteiger partial charge in [-0.3, -0.25) is 4.79 Å². The Morgan fingerprint density at radius 1 is 1.40 bits per heavy atom. The van der Waals surface area contributed by atoms with E-state index in [0.29, 0.717) is 19.7 Å². The number of nitrogens with one attached hydrogen (secondary N) is 2. The summed E-state index contributed by atoms with van der Waals surface area (Å²) in [6.45, 7) is 4.22. The van der Waals surface area contributed by atoms with Crippen LogP contribution in [0.5, 0.6) is 0 Å². The van der Waals surface area contributed by atoms with Gasteiger partial charge in [-0.2, -0.15) is 0 Å². The highest BCUT2D eigenvalue weighted by Crippen LogP contribution is 1.87. The van der Waals surface area contributed by atoms with Gasteiger partial charge in [-0.25, -0.2) is 0 Å². The minimum atomic E-state index is -0.00558. The van der Waals surface area contributed by atoms with Gasteiger partial charge in [-0.15, -0.1) is 0 Å². The molecule has 0 heterocycles. The molecule has 0 radical (unpaired) electrons. The molecular formula is C10H22N2O3. The highest BCUT2D eigenvalue weighted by Gasteiger charge is 2.06. The third kappa shape index (κ3) is 8.35. The zero-order valence-electron chi connectivity index (χ0n) is 9.84. The summed E-state index contributed by atoms with van der Waals surface area (Å²) in [4.78, 5) is 11.2. The number of hydrogen-bond donors (Lipinski definition) is 2. The molecule has 0 bridgehead atoms. The summed E-state index contributed by atoms with van der Waals surface area (Å²) >= 11 is 0. The number of ether oxygens (including phenoxy) is 2. The van der Waals surface area contributed by atoms with Crippen molar-refractivity contribution in [2.24, 2.45) is 0 Å². The molecule has 0 rings (SSSR count). The maximum atomic E-state index is 11.2. The van der Waals surface area contributed by atoms with E-state index in [-0.39, 0.29) is 12.0 Å². The van der Waals surface area contributed by atoms with Gasteiger partial charge in [0.25, 0.3) is 0 Å². The molecule has 0 aliphatic carbocycles. The third-order valence-electron chi connectivity index (χ3n) is 1.92. The Kier molecular flexibility index (Phi) is 9.46. The number of hydrogen-bond acceptors (Lipinski definition) is 4. The standard InChI is InChI=1S/C10H22N2O3/c1-4-5-12-10(13)7-11-6-9(15-3)8-14-2/h9,11H,4-8H2,1-3H3,(H,12,13). The van der Waals surface area contributed by atoms with E-state index in [1.165, 1.54) is 0 Å². The van der Waals surface area contributed by atoms with Crippen molar-refractivity contribution in [3.05, 3.63) is 0 Å². The van der Waals surface area contributed by atoms with Crippen LogP contribution in [0.4, 0.5) is 0 Å². The van der Waals surface area contributed by atoms with Crippen LogP contribution in [0.3, 0.4) is 0 Å². The molecule has 15 heavy (non-hydrogen) atoms. The second-order valence-corrected chi connectivity index (χ2v) is 3.29. The third-order valence-corrected chi connectivity index (χ3v) is 1.92. The van der Waals surface area contributed by atoms with Gasteiger partial charge in [0.2, 0.25) is 5.91 Å². The maximum absolute atomic E-state index is 11.2. The molecule has 1 unspecified atom stereocenters. The molecule has 0 aliphatic heterocycles. The largest absolute Gasteiger partial charge is 0.382 e. The van der Waals surface area contributed by atoms with Gasteiger partial charge in [0.05, 0.1) is 19.3 Å². The van der Waals surface area contributed by atoms with E-state index in [4.69, 9.17) is 9.47 Å². The first-order valence-corrected chi connectivity index (χ1v) is 5.23. The lowest BCUT2D eigenvalue weighted by Crippen LogP contribution is -2.39. The van der Waals surface area contributed by atoms with Crippen molar-refractivity contribution in [2.45, 2.75) is 19.4 Å². The van der Waals surface area contributed by atoms with Crippen molar-refractivity contribution >= 4 is 5.91 Å². The highest BCUT2D eigenvalue weighted by atomic mass is 16.5. The van der Waals surface area contributed by atoms with Gasteiger partial charge in [-0.05, 0) is 6.42 Å². The Labute approximate surface area is 91.5 Å². The molecule has 0 aliphatic rings. The number of carbonyl (C=O) groups is 1. The van der Waals surface area contributed by atoms with Crippen LogP contribution in [0.15, 0.2) is 0 Å². The molecule has 0 aromatic rings. The van der Waals surface area contributed by atoms with E-state index in [0.717, 1.165) is 13.0 Å². The summed E-state index contributed by atoms with van der Waals surface area (Å²) in [6.07, 6.45) is 0.949. The zero-order chi connectivity index (χ0) is 11.5. The smallest absolute Gasteiger partial charge is 0.233 e. The number of rotatable bonds is 9. The van der Waals surface area contributed by atoms with Gasteiger partial charge in [0.15, 0.2) is 0 Å². The van der Waals surface area contributed by atoms with Gasteiger partial charge in [0.1, 0.15) is 0 Å². The fourth-order valence-corrected chi connectivity index (χ4v) is 1.07. The molecule has 0 aromatic heterocycles. The summed E-state index contributed by atoms with van der Waals surface area (Å²) < 4.78 is 10.1. The van der Waals surface area contributed by atoms with Crippen molar-refractivity contribution in [3.8, 4) is 0 Å². The molecular weight excluding hydrogens is 196 g/mol. The lowest BCUT2D eigenvalue weighted by molar-refractivity contribution is -0.120. The minimum Gasteiger partial charge on any atom is -0.382 e. The lowest BCUT2D eigenvalue weighted by atomic mass is 10.3. The van der Waals surface area contributed by atoms with E-state index in [1.807, 2.05) is 6.92 Å². The summed E-state index contributed by atoms with van der Waals surface area (Å²) in [5, 5.41) is 5.80. The van der Waals surface area contributed by atoms with Crippen molar-refractivity contribution < 1.29 is 14.3 Å². The first kappa shape index (κ1) is 14.3. The van der Waals surface area contributed by atoms with Crippen LogP contribution in [0, 0.1) is 0 Å². The van der Waals surface area contributed by atoms with Crippen LogP contribution in [0.25, 0.3) is 0 Å². The molecule has 90 valence electrons. The quantitative estimate of drug-likeness (QED) is 0.561. The number of amides is 1. The van der Waals surface area contributed by atoms with Crippen LogP contribution in [-0.2, 0) is 14.3 Å². The Morgan fingerprint density at radius 3 is 2.67 bits per heavy atom. The zero-order valence-corrected chi connectivity index (χ0v) is 9.84. The van der Waals surface area contributed by atoms with Crippen molar-refractivity contribution in [3.63, 3.8) is 0 Å². The summed E-state index contributed by atoms with van der Waals surface area (Å²) in [5.74, 6) is 0.0177. The molecule has 0 saturated heterocycles. The van der Waals surface area contributed by atoms with E-state index in [2.05, 4.69) is 10.6 Å². The molecule has 0 aromatic carbocycles. The monoisotopic (exact) mass is 218 g/mol. The molecule has 0 saturated carbocycles. The predicted molar refractivity (Wildman–Crippen MR) is 58.8 cm³/mol. The van der Waals surface area contributed by atoms with E-state index < -0.39 is 0 Å². The van der Waals surface area contributed by atoms with Crippen molar-refractivity contribution in [2.75, 3.05) is 40.5 Å². The fraction of sp³-hybridized carbons (Fsp3) is 0.900. The summed E-state index contributed by atoms with van der Waals surface area (Å²) in [7, 11) is 3.25. The SMILES string of the molecule is CCCNC(=O)CNCC(COC)OC. The Balaban J connectivity index is 3.45. The first-order chi connectivity index (χ1) is 7.24. The van der Waals surface area contributed by atoms with Crippen LogP contribution in [-0.4, -0.2) is 52.5 Å². The molecule has 1 atom stereocenters. The summed E-state index contributed by atoms with van der Waals surface area (Å²) in [5.41, 5.74) is 0. The molecule has 5 nitrogen and oxygen atoms in total. The van der Waals surface area contributed by atoms with Gasteiger partial charge in [0, 0.05) is 27.3 Å². The van der Waals surface area contributed by atoms with Crippen LogP contribution >= 0.6 is 0 Å². The fourth-order valence-electron chi connectivity index (χ4n) is 1.07. The van der Waals surface area contributed by atoms with Gasteiger partial charge < -0.3 is 20.1 Å². The molecule has 0 spiro atoms. The predicted octanol–water partition coefficient (Wildman–Crippen LogP) is -0.236. The minimum absolute atomic E-state index is 0.00558. The second kappa shape index (κ2) is 9.89. The second-order valence-electron chi connectivity index (χ2n) is 3.29. The van der Waals surface area contributed by atoms with E-state index >= 15 is 0 Å². The van der Waals surface area contributed by atoms with E-state index in [9.17, 15) is 4.79 Å². The Hall–Kier alpha value is -0.650. The average molecular weight is 218 g/mol.